The zero-order valence-corrected chi connectivity index (χ0v) is 12.7. The molecule has 0 aliphatic rings. The third kappa shape index (κ3) is 3.01. The lowest BCUT2D eigenvalue weighted by Gasteiger charge is -2.18. The summed E-state index contributed by atoms with van der Waals surface area (Å²) in [5.41, 5.74) is 7.86. The van der Waals surface area contributed by atoms with Crippen LogP contribution in [0, 0.1) is 0 Å². The molecule has 2 rings (SSSR count). The van der Waals surface area contributed by atoms with Crippen LogP contribution in [0.4, 0.5) is 0 Å². The summed E-state index contributed by atoms with van der Waals surface area (Å²) in [6.07, 6.45) is 0. The van der Waals surface area contributed by atoms with Gasteiger partial charge in [-0.05, 0) is 35.9 Å². The van der Waals surface area contributed by atoms with Crippen LogP contribution in [0.1, 0.15) is 17.2 Å². The second-order valence-electron chi connectivity index (χ2n) is 4.25. The molecule has 0 radical (unpaired) electrons. The molecular weight excluding hydrogens is 297 g/mol. The molecule has 0 amide bonds. The average Bonchev–Trinajstić information content (AvgIpc) is 2.46. The molecule has 2 aromatic carbocycles. The molecule has 0 aromatic heterocycles. The van der Waals surface area contributed by atoms with Crippen molar-refractivity contribution in [2.45, 2.75) is 6.04 Å². The molecule has 0 aliphatic carbocycles. The normalized spacial score (nSPS) is 12.1. The highest BCUT2D eigenvalue weighted by Gasteiger charge is 2.17. The monoisotopic (exact) mass is 311 g/mol. The number of benzene rings is 2. The molecule has 5 heteroatoms. The van der Waals surface area contributed by atoms with Crippen LogP contribution in [0.5, 0.6) is 11.5 Å². The van der Waals surface area contributed by atoms with Crippen molar-refractivity contribution in [3.8, 4) is 11.5 Å². The number of ether oxygens (including phenoxy) is 2. The van der Waals surface area contributed by atoms with E-state index in [2.05, 4.69) is 0 Å². The number of nitrogens with two attached hydrogens (primary N) is 1. The van der Waals surface area contributed by atoms with Crippen molar-refractivity contribution >= 4 is 23.2 Å². The minimum atomic E-state index is -0.429. The molecule has 0 saturated heterocycles. The van der Waals surface area contributed by atoms with E-state index in [9.17, 15) is 0 Å². The van der Waals surface area contributed by atoms with Crippen LogP contribution >= 0.6 is 23.2 Å². The molecule has 1 unspecified atom stereocenters. The molecule has 1 atom stereocenters. The Labute approximate surface area is 128 Å². The molecule has 20 heavy (non-hydrogen) atoms. The van der Waals surface area contributed by atoms with Gasteiger partial charge in [0.1, 0.15) is 11.5 Å². The highest BCUT2D eigenvalue weighted by molar-refractivity contribution is 6.31. The Hall–Kier alpha value is -1.42. The third-order valence-electron chi connectivity index (χ3n) is 3.07. The molecule has 2 N–H and O–H groups in total. The SMILES string of the molecule is COc1ccc(C(N)c2cc(Cl)ccc2OC)c(Cl)c1. The second-order valence-corrected chi connectivity index (χ2v) is 5.10. The van der Waals surface area contributed by atoms with Gasteiger partial charge in [0, 0.05) is 15.6 Å². The first-order valence-electron chi connectivity index (χ1n) is 5.99. The van der Waals surface area contributed by atoms with E-state index in [1.54, 1.807) is 38.5 Å². The van der Waals surface area contributed by atoms with Crippen molar-refractivity contribution in [3.63, 3.8) is 0 Å². The number of methoxy groups -OCH3 is 2. The van der Waals surface area contributed by atoms with Gasteiger partial charge in [0.15, 0.2) is 0 Å². The Kier molecular flexibility index (Phi) is 4.76. The number of hydrogen-bond acceptors (Lipinski definition) is 3. The molecule has 0 bridgehead atoms. The van der Waals surface area contributed by atoms with E-state index in [1.165, 1.54) is 0 Å². The Morgan fingerprint density at radius 3 is 2.30 bits per heavy atom. The van der Waals surface area contributed by atoms with Crippen molar-refractivity contribution in [3.05, 3.63) is 57.6 Å². The number of hydrogen-bond donors (Lipinski definition) is 1. The molecule has 106 valence electrons. The maximum Gasteiger partial charge on any atom is 0.124 e. The molecule has 0 fully saturated rings. The van der Waals surface area contributed by atoms with Gasteiger partial charge in [-0.1, -0.05) is 29.3 Å². The lowest BCUT2D eigenvalue weighted by molar-refractivity contribution is 0.407. The van der Waals surface area contributed by atoms with Crippen LogP contribution in [0.15, 0.2) is 36.4 Å². The van der Waals surface area contributed by atoms with Crippen LogP contribution < -0.4 is 15.2 Å². The molecule has 0 aliphatic heterocycles. The first kappa shape index (κ1) is 15.0. The molecule has 3 nitrogen and oxygen atoms in total. The standard InChI is InChI=1S/C15H15Cl2NO2/c1-19-10-4-5-11(13(17)8-10)15(18)12-7-9(16)3-6-14(12)20-2/h3-8,15H,18H2,1-2H3. The van der Waals surface area contributed by atoms with Gasteiger partial charge in [0.05, 0.1) is 20.3 Å². The quantitative estimate of drug-likeness (QED) is 0.926. The maximum absolute atomic E-state index is 6.29. The smallest absolute Gasteiger partial charge is 0.124 e. The van der Waals surface area contributed by atoms with Gasteiger partial charge in [-0.25, -0.2) is 0 Å². The first-order chi connectivity index (χ1) is 9.56. The topological polar surface area (TPSA) is 44.5 Å². The highest BCUT2D eigenvalue weighted by Crippen LogP contribution is 2.35. The lowest BCUT2D eigenvalue weighted by atomic mass is 9.98. The first-order valence-corrected chi connectivity index (χ1v) is 6.75. The van der Waals surface area contributed by atoms with Crippen LogP contribution in [0.3, 0.4) is 0 Å². The average molecular weight is 312 g/mol. The van der Waals surface area contributed by atoms with Gasteiger partial charge >= 0.3 is 0 Å². The largest absolute Gasteiger partial charge is 0.497 e. The summed E-state index contributed by atoms with van der Waals surface area (Å²) in [4.78, 5) is 0. The Morgan fingerprint density at radius 1 is 0.950 bits per heavy atom. The summed E-state index contributed by atoms with van der Waals surface area (Å²) in [5.74, 6) is 1.36. The van der Waals surface area contributed by atoms with Gasteiger partial charge < -0.3 is 15.2 Å². The fourth-order valence-electron chi connectivity index (χ4n) is 2.00. The van der Waals surface area contributed by atoms with E-state index in [-0.39, 0.29) is 0 Å². The van der Waals surface area contributed by atoms with Crippen molar-refractivity contribution in [2.75, 3.05) is 14.2 Å². The fourth-order valence-corrected chi connectivity index (χ4v) is 2.47. The van der Waals surface area contributed by atoms with Crippen molar-refractivity contribution < 1.29 is 9.47 Å². The molecular formula is C15H15Cl2NO2. The zero-order valence-electron chi connectivity index (χ0n) is 11.2. The van der Waals surface area contributed by atoms with E-state index in [4.69, 9.17) is 38.4 Å². The number of rotatable bonds is 4. The minimum Gasteiger partial charge on any atom is -0.497 e. The molecule has 0 spiro atoms. The Balaban J connectivity index is 2.45. The van der Waals surface area contributed by atoms with Crippen LogP contribution in [0.2, 0.25) is 10.0 Å². The summed E-state index contributed by atoms with van der Waals surface area (Å²) in [6, 6.07) is 10.3. The predicted octanol–water partition coefficient (Wildman–Crippen LogP) is 4.06. The second kappa shape index (κ2) is 6.35. The van der Waals surface area contributed by atoms with E-state index < -0.39 is 6.04 Å². The van der Waals surface area contributed by atoms with Crippen LogP contribution in [0.25, 0.3) is 0 Å². The molecule has 0 heterocycles. The maximum atomic E-state index is 6.29. The zero-order chi connectivity index (χ0) is 14.7. The lowest BCUT2D eigenvalue weighted by Crippen LogP contribution is -2.13. The number of halogens is 2. The van der Waals surface area contributed by atoms with E-state index >= 15 is 0 Å². The highest BCUT2D eigenvalue weighted by atomic mass is 35.5. The summed E-state index contributed by atoms with van der Waals surface area (Å²) >= 11 is 12.3. The van der Waals surface area contributed by atoms with E-state index in [0.717, 1.165) is 11.1 Å². The van der Waals surface area contributed by atoms with Crippen molar-refractivity contribution in [1.29, 1.82) is 0 Å². The molecule has 0 saturated carbocycles. The van der Waals surface area contributed by atoms with Gasteiger partial charge in [-0.2, -0.15) is 0 Å². The van der Waals surface area contributed by atoms with Gasteiger partial charge in [-0.3, -0.25) is 0 Å². The summed E-state index contributed by atoms with van der Waals surface area (Å²) in [6.45, 7) is 0. The van der Waals surface area contributed by atoms with Gasteiger partial charge in [0.2, 0.25) is 0 Å². The van der Waals surface area contributed by atoms with Crippen molar-refractivity contribution in [1.82, 2.24) is 0 Å². The summed E-state index contributed by atoms with van der Waals surface area (Å²) in [5, 5.41) is 1.14. The van der Waals surface area contributed by atoms with Crippen LogP contribution in [-0.2, 0) is 0 Å². The fraction of sp³-hybridized carbons (Fsp3) is 0.200. The summed E-state index contributed by atoms with van der Waals surface area (Å²) < 4.78 is 10.4. The minimum absolute atomic E-state index is 0.429. The van der Waals surface area contributed by atoms with E-state index in [1.807, 2.05) is 12.1 Å². The third-order valence-corrected chi connectivity index (χ3v) is 3.63. The van der Waals surface area contributed by atoms with Crippen LogP contribution in [-0.4, -0.2) is 14.2 Å². The predicted molar refractivity (Wildman–Crippen MR) is 82.0 cm³/mol. The van der Waals surface area contributed by atoms with Gasteiger partial charge in [0.25, 0.3) is 0 Å². The van der Waals surface area contributed by atoms with Gasteiger partial charge in [-0.15, -0.1) is 0 Å². The molecule has 2 aromatic rings. The Morgan fingerprint density at radius 2 is 1.70 bits per heavy atom. The Bertz CT molecular complexity index is 617. The summed E-state index contributed by atoms with van der Waals surface area (Å²) in [7, 11) is 3.18. The van der Waals surface area contributed by atoms with Crippen molar-refractivity contribution in [2.24, 2.45) is 5.73 Å². The van der Waals surface area contributed by atoms with E-state index in [0.29, 0.717) is 21.5 Å².